The van der Waals surface area contributed by atoms with Crippen LogP contribution >= 0.6 is 27.5 Å². The Morgan fingerprint density at radius 1 is 1.32 bits per heavy atom. The van der Waals surface area contributed by atoms with Gasteiger partial charge in [0.25, 0.3) is 5.91 Å². The van der Waals surface area contributed by atoms with Crippen molar-refractivity contribution in [2.24, 2.45) is 0 Å². The standard InChI is InChI=1S/C15H14BrClN2O3/c1-9-3-5-13(15(16)18-9)22-8-14(20)19-10-4-6-12(21-2)11(17)7-10/h3-7H,8H2,1-2H3,(H,19,20). The number of nitrogens with zero attached hydrogens (tertiary/aromatic N) is 1. The van der Waals surface area contributed by atoms with Crippen molar-refractivity contribution in [3.05, 3.63) is 45.7 Å². The Morgan fingerprint density at radius 3 is 2.68 bits per heavy atom. The lowest BCUT2D eigenvalue weighted by Crippen LogP contribution is -2.20. The van der Waals surface area contributed by atoms with E-state index >= 15 is 0 Å². The summed E-state index contributed by atoms with van der Waals surface area (Å²) < 4.78 is 11.0. The highest BCUT2D eigenvalue weighted by Crippen LogP contribution is 2.27. The zero-order chi connectivity index (χ0) is 16.1. The quantitative estimate of drug-likeness (QED) is 0.795. The van der Waals surface area contributed by atoms with Crippen LogP contribution in [0, 0.1) is 6.92 Å². The van der Waals surface area contributed by atoms with E-state index in [0.717, 1.165) is 5.69 Å². The van der Waals surface area contributed by atoms with Crippen molar-refractivity contribution in [3.8, 4) is 11.5 Å². The van der Waals surface area contributed by atoms with Crippen LogP contribution in [0.1, 0.15) is 5.69 Å². The maximum atomic E-state index is 11.9. The van der Waals surface area contributed by atoms with Crippen LogP contribution in [0.4, 0.5) is 5.69 Å². The van der Waals surface area contributed by atoms with E-state index in [4.69, 9.17) is 21.1 Å². The van der Waals surface area contributed by atoms with Crippen LogP contribution in [0.25, 0.3) is 0 Å². The number of amides is 1. The summed E-state index contributed by atoms with van der Waals surface area (Å²) in [6.45, 7) is 1.74. The lowest BCUT2D eigenvalue weighted by Gasteiger charge is -2.10. The van der Waals surface area contributed by atoms with Crippen LogP contribution in [0.2, 0.25) is 5.02 Å². The molecule has 5 nitrogen and oxygen atoms in total. The van der Waals surface area contributed by atoms with Gasteiger partial charge < -0.3 is 14.8 Å². The zero-order valence-corrected chi connectivity index (χ0v) is 14.4. The monoisotopic (exact) mass is 384 g/mol. The van der Waals surface area contributed by atoms with E-state index in [-0.39, 0.29) is 12.5 Å². The molecule has 0 bridgehead atoms. The first kappa shape index (κ1) is 16.6. The first-order valence-corrected chi connectivity index (χ1v) is 7.56. The highest BCUT2D eigenvalue weighted by atomic mass is 79.9. The lowest BCUT2D eigenvalue weighted by molar-refractivity contribution is -0.118. The molecule has 1 heterocycles. The zero-order valence-electron chi connectivity index (χ0n) is 12.0. The molecule has 1 N–H and O–H groups in total. The fraction of sp³-hybridized carbons (Fsp3) is 0.200. The van der Waals surface area contributed by atoms with Crippen molar-refractivity contribution in [3.63, 3.8) is 0 Å². The second-order valence-electron chi connectivity index (χ2n) is 4.43. The Morgan fingerprint density at radius 2 is 2.05 bits per heavy atom. The third-order valence-corrected chi connectivity index (χ3v) is 3.61. The van der Waals surface area contributed by atoms with Crippen molar-refractivity contribution in [1.29, 1.82) is 0 Å². The van der Waals surface area contributed by atoms with Gasteiger partial charge >= 0.3 is 0 Å². The van der Waals surface area contributed by atoms with Gasteiger partial charge in [0.15, 0.2) is 12.4 Å². The second kappa shape index (κ2) is 7.47. The fourth-order valence-corrected chi connectivity index (χ4v) is 2.49. The lowest BCUT2D eigenvalue weighted by atomic mass is 10.3. The van der Waals surface area contributed by atoms with E-state index in [9.17, 15) is 4.79 Å². The molecular formula is C15H14BrClN2O3. The third kappa shape index (κ3) is 4.35. The van der Waals surface area contributed by atoms with Crippen LogP contribution in [0.3, 0.4) is 0 Å². The molecule has 2 aromatic rings. The van der Waals surface area contributed by atoms with Crippen LogP contribution in [-0.4, -0.2) is 24.6 Å². The Bertz CT molecular complexity index is 694. The summed E-state index contributed by atoms with van der Waals surface area (Å²) in [4.78, 5) is 16.1. The summed E-state index contributed by atoms with van der Waals surface area (Å²) in [5, 5.41) is 3.12. The van der Waals surface area contributed by atoms with Crippen molar-refractivity contribution in [2.75, 3.05) is 19.0 Å². The molecule has 0 aliphatic heterocycles. The molecule has 0 unspecified atom stereocenters. The van der Waals surface area contributed by atoms with E-state index in [2.05, 4.69) is 26.2 Å². The summed E-state index contributed by atoms with van der Waals surface area (Å²) in [5.74, 6) is 0.757. The molecule has 0 atom stereocenters. The van der Waals surface area contributed by atoms with Crippen LogP contribution < -0.4 is 14.8 Å². The van der Waals surface area contributed by atoms with Gasteiger partial charge in [-0.15, -0.1) is 0 Å². The minimum absolute atomic E-state index is 0.132. The molecule has 0 saturated heterocycles. The maximum absolute atomic E-state index is 11.9. The van der Waals surface area contributed by atoms with E-state index in [1.165, 1.54) is 7.11 Å². The number of hydrogen-bond donors (Lipinski definition) is 1. The number of hydrogen-bond acceptors (Lipinski definition) is 4. The summed E-state index contributed by atoms with van der Waals surface area (Å²) >= 11 is 9.29. The summed E-state index contributed by atoms with van der Waals surface area (Å²) in [7, 11) is 1.53. The summed E-state index contributed by atoms with van der Waals surface area (Å²) in [6.07, 6.45) is 0. The van der Waals surface area contributed by atoms with Crippen molar-refractivity contribution in [1.82, 2.24) is 4.98 Å². The molecule has 2 rings (SSSR count). The molecule has 0 radical (unpaired) electrons. The normalized spacial score (nSPS) is 10.2. The number of aromatic nitrogens is 1. The summed E-state index contributed by atoms with van der Waals surface area (Å²) in [5.41, 5.74) is 1.43. The second-order valence-corrected chi connectivity index (χ2v) is 5.59. The maximum Gasteiger partial charge on any atom is 0.262 e. The van der Waals surface area contributed by atoms with Crippen molar-refractivity contribution in [2.45, 2.75) is 6.92 Å². The van der Waals surface area contributed by atoms with E-state index < -0.39 is 0 Å². The first-order chi connectivity index (χ1) is 10.5. The number of carbonyl (C=O) groups excluding carboxylic acids is 1. The van der Waals surface area contributed by atoms with Gasteiger partial charge in [0.05, 0.1) is 12.1 Å². The van der Waals surface area contributed by atoms with Gasteiger partial charge in [0, 0.05) is 11.4 Å². The molecule has 116 valence electrons. The molecule has 1 amide bonds. The Hall–Kier alpha value is -1.79. The Balaban J connectivity index is 1.94. The number of aryl methyl sites for hydroxylation is 1. The molecule has 0 aliphatic carbocycles. The highest BCUT2D eigenvalue weighted by molar-refractivity contribution is 9.10. The average Bonchev–Trinajstić information content (AvgIpc) is 2.46. The molecule has 0 fully saturated rings. The number of ether oxygens (including phenoxy) is 2. The molecule has 22 heavy (non-hydrogen) atoms. The minimum atomic E-state index is -0.297. The van der Waals surface area contributed by atoms with Crippen molar-refractivity contribution >= 4 is 39.1 Å². The number of anilines is 1. The van der Waals surface area contributed by atoms with Crippen molar-refractivity contribution < 1.29 is 14.3 Å². The molecule has 0 spiro atoms. The molecule has 1 aromatic heterocycles. The Kier molecular flexibility index (Phi) is 5.63. The highest BCUT2D eigenvalue weighted by Gasteiger charge is 2.08. The number of rotatable bonds is 5. The van der Waals surface area contributed by atoms with Gasteiger partial charge in [0.1, 0.15) is 10.4 Å². The van der Waals surface area contributed by atoms with E-state index in [1.807, 2.05) is 6.92 Å². The number of nitrogens with one attached hydrogen (secondary N) is 1. The number of pyridine rings is 1. The van der Waals surface area contributed by atoms with E-state index in [1.54, 1.807) is 30.3 Å². The minimum Gasteiger partial charge on any atom is -0.495 e. The van der Waals surface area contributed by atoms with Gasteiger partial charge in [-0.1, -0.05) is 11.6 Å². The number of benzene rings is 1. The first-order valence-electron chi connectivity index (χ1n) is 6.39. The molecule has 7 heteroatoms. The van der Waals surface area contributed by atoms with Gasteiger partial charge in [0.2, 0.25) is 0 Å². The van der Waals surface area contributed by atoms with Gasteiger partial charge in [-0.05, 0) is 53.2 Å². The van der Waals surface area contributed by atoms with Crippen LogP contribution in [-0.2, 0) is 4.79 Å². The number of carbonyl (C=O) groups is 1. The topological polar surface area (TPSA) is 60.5 Å². The predicted octanol–water partition coefficient (Wildman–Crippen LogP) is 3.83. The number of methoxy groups -OCH3 is 1. The van der Waals surface area contributed by atoms with Gasteiger partial charge in [-0.3, -0.25) is 4.79 Å². The molecule has 0 aliphatic rings. The smallest absolute Gasteiger partial charge is 0.262 e. The van der Waals surface area contributed by atoms with Gasteiger partial charge in [-0.25, -0.2) is 4.98 Å². The Labute approximate surface area is 141 Å². The average molecular weight is 386 g/mol. The predicted molar refractivity (Wildman–Crippen MR) is 88.8 cm³/mol. The van der Waals surface area contributed by atoms with Crippen LogP contribution in [0.15, 0.2) is 34.9 Å². The largest absolute Gasteiger partial charge is 0.495 e. The fourth-order valence-electron chi connectivity index (χ4n) is 1.70. The third-order valence-electron chi connectivity index (χ3n) is 2.75. The molecule has 1 aromatic carbocycles. The van der Waals surface area contributed by atoms with Crippen LogP contribution in [0.5, 0.6) is 11.5 Å². The van der Waals surface area contributed by atoms with Gasteiger partial charge in [-0.2, -0.15) is 0 Å². The molecular weight excluding hydrogens is 372 g/mol. The van der Waals surface area contributed by atoms with E-state index in [0.29, 0.717) is 26.8 Å². The summed E-state index contributed by atoms with van der Waals surface area (Å²) in [6, 6.07) is 8.55. The molecule has 0 saturated carbocycles. The number of halogens is 2. The SMILES string of the molecule is COc1ccc(NC(=O)COc2ccc(C)nc2Br)cc1Cl.